The van der Waals surface area contributed by atoms with E-state index in [2.05, 4.69) is 6.07 Å². The fraction of sp³-hybridized carbons (Fsp3) is 0.333. The standard InChI is InChI=1S/C15H15N3O/c16-10-9-15(7-8-15)12-18-14(19)6-11-17(18)13-4-2-1-3-5-13/h1-6,11H,7-9,12H2. The van der Waals surface area contributed by atoms with E-state index in [4.69, 9.17) is 5.26 Å². The van der Waals surface area contributed by atoms with Crippen LogP contribution in [-0.4, -0.2) is 9.36 Å². The van der Waals surface area contributed by atoms with Crippen molar-refractivity contribution in [1.29, 1.82) is 5.26 Å². The summed E-state index contributed by atoms with van der Waals surface area (Å²) in [5.41, 5.74) is 0.981. The number of aromatic nitrogens is 2. The fourth-order valence-electron chi connectivity index (χ4n) is 2.42. The van der Waals surface area contributed by atoms with Gasteiger partial charge in [-0.15, -0.1) is 0 Å². The first-order chi connectivity index (χ1) is 9.24. The molecule has 1 fully saturated rings. The van der Waals surface area contributed by atoms with Crippen molar-refractivity contribution in [2.75, 3.05) is 0 Å². The van der Waals surface area contributed by atoms with Gasteiger partial charge in [0.25, 0.3) is 5.56 Å². The number of nitrogens with zero attached hydrogens (tertiary/aromatic N) is 3. The molecule has 19 heavy (non-hydrogen) atoms. The van der Waals surface area contributed by atoms with E-state index < -0.39 is 0 Å². The highest BCUT2D eigenvalue weighted by Gasteiger charge is 2.43. The molecule has 4 heteroatoms. The van der Waals surface area contributed by atoms with E-state index in [0.717, 1.165) is 18.5 Å². The second-order valence-corrected chi connectivity index (χ2v) is 5.23. The maximum absolute atomic E-state index is 12.0. The highest BCUT2D eigenvalue weighted by Crippen LogP contribution is 2.49. The van der Waals surface area contributed by atoms with Gasteiger partial charge in [-0.1, -0.05) is 18.2 Å². The van der Waals surface area contributed by atoms with E-state index >= 15 is 0 Å². The smallest absolute Gasteiger partial charge is 0.266 e. The lowest BCUT2D eigenvalue weighted by molar-refractivity contribution is 0.377. The third-order valence-electron chi connectivity index (χ3n) is 3.79. The van der Waals surface area contributed by atoms with Crippen LogP contribution in [0.1, 0.15) is 19.3 Å². The molecule has 1 saturated carbocycles. The highest BCUT2D eigenvalue weighted by atomic mass is 16.1. The maximum atomic E-state index is 12.0. The maximum Gasteiger partial charge on any atom is 0.266 e. The molecule has 0 atom stereocenters. The molecule has 0 radical (unpaired) electrons. The molecule has 3 rings (SSSR count). The van der Waals surface area contributed by atoms with Crippen molar-refractivity contribution < 1.29 is 0 Å². The average Bonchev–Trinajstić information content (AvgIpc) is 3.09. The van der Waals surface area contributed by atoms with Crippen LogP contribution in [0.4, 0.5) is 0 Å². The summed E-state index contributed by atoms with van der Waals surface area (Å²) in [5, 5.41) is 8.88. The van der Waals surface area contributed by atoms with Crippen molar-refractivity contribution in [1.82, 2.24) is 9.36 Å². The Balaban J connectivity index is 1.97. The monoisotopic (exact) mass is 253 g/mol. The topological polar surface area (TPSA) is 50.7 Å². The van der Waals surface area contributed by atoms with E-state index in [9.17, 15) is 4.79 Å². The second-order valence-electron chi connectivity index (χ2n) is 5.23. The predicted octanol–water partition coefficient (Wildman–Crippen LogP) is 2.33. The van der Waals surface area contributed by atoms with Crippen molar-refractivity contribution in [2.45, 2.75) is 25.8 Å². The first-order valence-electron chi connectivity index (χ1n) is 6.45. The Morgan fingerprint density at radius 1 is 1.21 bits per heavy atom. The Morgan fingerprint density at radius 3 is 2.58 bits per heavy atom. The molecule has 0 amide bonds. The largest absolute Gasteiger partial charge is 0.268 e. The van der Waals surface area contributed by atoms with Crippen LogP contribution in [0.2, 0.25) is 0 Å². The van der Waals surface area contributed by atoms with Crippen LogP contribution >= 0.6 is 0 Å². The minimum atomic E-state index is -0.00642. The molecular formula is C15H15N3O. The number of hydrogen-bond acceptors (Lipinski definition) is 2. The molecule has 1 aliphatic carbocycles. The molecule has 2 aromatic rings. The van der Waals surface area contributed by atoms with Crippen molar-refractivity contribution in [3.05, 3.63) is 52.9 Å². The normalized spacial score (nSPS) is 15.9. The first-order valence-corrected chi connectivity index (χ1v) is 6.45. The Hall–Kier alpha value is -2.28. The molecule has 0 saturated heterocycles. The molecule has 1 aromatic carbocycles. The third kappa shape index (κ3) is 2.19. The van der Waals surface area contributed by atoms with Crippen LogP contribution in [0.15, 0.2) is 47.4 Å². The Kier molecular flexibility index (Phi) is 2.75. The minimum Gasteiger partial charge on any atom is -0.268 e. The van der Waals surface area contributed by atoms with Crippen LogP contribution in [0.3, 0.4) is 0 Å². The quantitative estimate of drug-likeness (QED) is 0.839. The number of para-hydroxylation sites is 1. The average molecular weight is 253 g/mol. The molecule has 1 aliphatic rings. The van der Waals surface area contributed by atoms with Gasteiger partial charge in [0.15, 0.2) is 0 Å². The highest BCUT2D eigenvalue weighted by molar-refractivity contribution is 5.30. The van der Waals surface area contributed by atoms with Crippen LogP contribution in [0.5, 0.6) is 0 Å². The minimum absolute atomic E-state index is 0.00642. The van der Waals surface area contributed by atoms with Gasteiger partial charge in [0.2, 0.25) is 0 Å². The summed E-state index contributed by atoms with van der Waals surface area (Å²) in [5.74, 6) is 0. The lowest BCUT2D eigenvalue weighted by Crippen LogP contribution is -2.26. The summed E-state index contributed by atoms with van der Waals surface area (Å²) in [6.07, 6.45) is 4.39. The first kappa shape index (κ1) is 11.8. The lowest BCUT2D eigenvalue weighted by Gasteiger charge is -2.16. The molecule has 0 unspecified atom stereocenters. The van der Waals surface area contributed by atoms with Gasteiger partial charge in [-0.25, -0.2) is 4.68 Å². The van der Waals surface area contributed by atoms with Gasteiger partial charge >= 0.3 is 0 Å². The number of benzene rings is 1. The zero-order valence-corrected chi connectivity index (χ0v) is 10.6. The summed E-state index contributed by atoms with van der Waals surface area (Å²) < 4.78 is 3.61. The van der Waals surface area contributed by atoms with Gasteiger partial charge in [0, 0.05) is 30.6 Å². The second kappa shape index (κ2) is 4.43. The van der Waals surface area contributed by atoms with E-state index in [-0.39, 0.29) is 11.0 Å². The van der Waals surface area contributed by atoms with Crippen LogP contribution in [0, 0.1) is 16.7 Å². The van der Waals surface area contributed by atoms with E-state index in [1.54, 1.807) is 16.9 Å². The molecule has 1 aromatic heterocycles. The molecule has 0 spiro atoms. The zero-order chi connectivity index (χ0) is 13.3. The lowest BCUT2D eigenvalue weighted by atomic mass is 10.0. The van der Waals surface area contributed by atoms with Crippen LogP contribution in [-0.2, 0) is 6.54 Å². The van der Waals surface area contributed by atoms with Crippen molar-refractivity contribution >= 4 is 0 Å². The van der Waals surface area contributed by atoms with E-state index in [1.807, 2.05) is 35.0 Å². The van der Waals surface area contributed by atoms with Gasteiger partial charge in [-0.05, 0) is 25.0 Å². The summed E-state index contributed by atoms with van der Waals surface area (Å²) in [4.78, 5) is 12.0. The number of hydrogen-bond donors (Lipinski definition) is 0. The fourth-order valence-corrected chi connectivity index (χ4v) is 2.42. The molecule has 0 bridgehead atoms. The molecule has 96 valence electrons. The zero-order valence-electron chi connectivity index (χ0n) is 10.6. The molecular weight excluding hydrogens is 238 g/mol. The van der Waals surface area contributed by atoms with Gasteiger partial charge in [-0.2, -0.15) is 5.26 Å². The van der Waals surface area contributed by atoms with Gasteiger partial charge < -0.3 is 0 Å². The third-order valence-corrected chi connectivity index (χ3v) is 3.79. The summed E-state index contributed by atoms with van der Waals surface area (Å²) >= 11 is 0. The molecule has 1 heterocycles. The number of nitriles is 1. The van der Waals surface area contributed by atoms with Crippen molar-refractivity contribution in [3.63, 3.8) is 0 Å². The summed E-state index contributed by atoms with van der Waals surface area (Å²) in [6.45, 7) is 0.626. The Morgan fingerprint density at radius 2 is 1.95 bits per heavy atom. The SMILES string of the molecule is N#CCC1(Cn2c(=O)ccn2-c2ccccc2)CC1. The van der Waals surface area contributed by atoms with Gasteiger partial charge in [0.1, 0.15) is 0 Å². The van der Waals surface area contributed by atoms with E-state index in [1.165, 1.54) is 0 Å². The van der Waals surface area contributed by atoms with Crippen LogP contribution in [0.25, 0.3) is 5.69 Å². The van der Waals surface area contributed by atoms with E-state index in [0.29, 0.717) is 13.0 Å². The Labute approximate surface area is 111 Å². The molecule has 4 nitrogen and oxygen atoms in total. The summed E-state index contributed by atoms with van der Waals surface area (Å²) in [6, 6.07) is 13.6. The molecule has 0 N–H and O–H groups in total. The van der Waals surface area contributed by atoms with Gasteiger partial charge in [-0.3, -0.25) is 9.48 Å². The number of rotatable bonds is 4. The molecule has 0 aliphatic heterocycles. The predicted molar refractivity (Wildman–Crippen MR) is 71.9 cm³/mol. The summed E-state index contributed by atoms with van der Waals surface area (Å²) in [7, 11) is 0. The van der Waals surface area contributed by atoms with Crippen molar-refractivity contribution in [3.8, 4) is 11.8 Å². The Bertz CT molecular complexity index is 671. The van der Waals surface area contributed by atoms with Crippen LogP contribution < -0.4 is 5.56 Å². The van der Waals surface area contributed by atoms with Crippen molar-refractivity contribution in [2.24, 2.45) is 5.41 Å². The van der Waals surface area contributed by atoms with Gasteiger partial charge in [0.05, 0.1) is 11.8 Å².